The van der Waals surface area contributed by atoms with Gasteiger partial charge in [0.2, 0.25) is 0 Å². The monoisotopic (exact) mass is 141 g/mol. The molecule has 2 nitrogen and oxygen atoms in total. The van der Waals surface area contributed by atoms with Crippen molar-refractivity contribution >= 4 is 11.6 Å². The quantitative estimate of drug-likeness (QED) is 0.548. The number of hydrogen-bond donors (Lipinski definition) is 0. The summed E-state index contributed by atoms with van der Waals surface area (Å²) in [6.07, 6.45) is 2.69. The Kier molecular flexibility index (Phi) is 1.67. The van der Waals surface area contributed by atoms with Crippen LogP contribution < -0.4 is 0 Å². The summed E-state index contributed by atoms with van der Waals surface area (Å²) in [5.41, 5.74) is 1.90. The zero-order valence-electron chi connectivity index (χ0n) is 5.27. The van der Waals surface area contributed by atoms with Gasteiger partial charge < -0.3 is 0 Å². The highest BCUT2D eigenvalue weighted by molar-refractivity contribution is 6.30. The molecule has 0 aromatic carbocycles. The van der Waals surface area contributed by atoms with Crippen LogP contribution in [-0.2, 0) is 0 Å². The number of aryl methyl sites for hydroxylation is 1. The van der Waals surface area contributed by atoms with Crippen molar-refractivity contribution in [2.75, 3.05) is 0 Å². The third kappa shape index (κ3) is 1.19. The van der Waals surface area contributed by atoms with Gasteiger partial charge in [-0.3, -0.25) is 0 Å². The number of halogens is 1. The predicted octanol–water partition coefficient (Wildman–Crippen LogP) is 1.55. The van der Waals surface area contributed by atoms with Gasteiger partial charge in [-0.25, -0.2) is 0 Å². The van der Waals surface area contributed by atoms with E-state index in [2.05, 4.69) is 16.4 Å². The van der Waals surface area contributed by atoms with Crippen LogP contribution in [0.2, 0.25) is 5.15 Å². The van der Waals surface area contributed by atoms with Crippen molar-refractivity contribution in [3.8, 4) is 0 Å². The van der Waals surface area contributed by atoms with Gasteiger partial charge in [0.1, 0.15) is 6.20 Å². The lowest BCUT2D eigenvalue weighted by molar-refractivity contribution is 0.986. The Labute approximate surface area is 58.9 Å². The third-order valence-corrected chi connectivity index (χ3v) is 1.59. The minimum absolute atomic E-state index is 0.464. The zero-order valence-corrected chi connectivity index (χ0v) is 6.03. The van der Waals surface area contributed by atoms with E-state index in [-0.39, 0.29) is 0 Å². The van der Waals surface area contributed by atoms with Crippen molar-refractivity contribution in [2.24, 2.45) is 0 Å². The minimum atomic E-state index is 0.464. The van der Waals surface area contributed by atoms with Crippen molar-refractivity contribution < 1.29 is 0 Å². The first-order valence-electron chi connectivity index (χ1n) is 2.59. The highest BCUT2D eigenvalue weighted by atomic mass is 35.5. The van der Waals surface area contributed by atoms with Gasteiger partial charge in [0, 0.05) is 0 Å². The molecule has 0 atom stereocenters. The second kappa shape index (κ2) is 2.31. The van der Waals surface area contributed by atoms with Gasteiger partial charge in [0.25, 0.3) is 0 Å². The van der Waals surface area contributed by atoms with Crippen molar-refractivity contribution in [1.29, 1.82) is 0 Å². The molecule has 0 bridgehead atoms. The fourth-order valence-corrected chi connectivity index (χ4v) is 0.637. The second-order valence-corrected chi connectivity index (χ2v) is 2.21. The molecule has 0 saturated carbocycles. The number of rotatable bonds is 0. The highest BCUT2D eigenvalue weighted by Gasteiger charge is 1.97. The Morgan fingerprint density at radius 1 is 1.44 bits per heavy atom. The minimum Gasteiger partial charge on any atom is -0.147 e. The molecule has 0 N–H and O–H groups in total. The molecule has 9 heavy (non-hydrogen) atoms. The summed E-state index contributed by atoms with van der Waals surface area (Å²) in [4.78, 5) is 0. The Morgan fingerprint density at radius 3 is 2.56 bits per heavy atom. The van der Waals surface area contributed by atoms with Gasteiger partial charge in [-0.2, -0.15) is 0 Å². The second-order valence-electron chi connectivity index (χ2n) is 1.85. The molecule has 1 heterocycles. The van der Waals surface area contributed by atoms with Crippen LogP contribution in [0.4, 0.5) is 0 Å². The summed E-state index contributed by atoms with van der Waals surface area (Å²) in [5.74, 6) is 0. The first kappa shape index (κ1) is 6.49. The number of aromatic nitrogens is 2. The molecule has 0 aliphatic heterocycles. The van der Waals surface area contributed by atoms with Crippen LogP contribution in [0.15, 0.2) is 0 Å². The molecule has 1 rings (SSSR count). The molecule has 0 fully saturated rings. The highest BCUT2D eigenvalue weighted by Crippen LogP contribution is 2.11. The summed E-state index contributed by atoms with van der Waals surface area (Å²) >= 11 is 5.62. The molecule has 0 unspecified atom stereocenters. The van der Waals surface area contributed by atoms with E-state index in [1.807, 2.05) is 13.8 Å². The smallest absolute Gasteiger partial charge is 0.147 e. The fourth-order valence-electron chi connectivity index (χ4n) is 0.457. The van der Waals surface area contributed by atoms with Crippen LogP contribution in [0.3, 0.4) is 0 Å². The summed E-state index contributed by atoms with van der Waals surface area (Å²) in [6, 6.07) is 0. The topological polar surface area (TPSA) is 25.8 Å². The maximum Gasteiger partial charge on any atom is 0.154 e. The first-order chi connectivity index (χ1) is 4.22. The molecular formula is C6H6ClN2. The molecule has 3 heteroatoms. The lowest BCUT2D eigenvalue weighted by Crippen LogP contribution is -1.89. The van der Waals surface area contributed by atoms with E-state index >= 15 is 0 Å². The Morgan fingerprint density at radius 2 is 2.11 bits per heavy atom. The normalized spacial score (nSPS) is 9.67. The standard InChI is InChI=1S/C6H6ClN2/c1-4-3-8-9-6(7)5(4)2/h1-2H3. The van der Waals surface area contributed by atoms with Gasteiger partial charge in [0.15, 0.2) is 5.15 Å². The van der Waals surface area contributed by atoms with E-state index < -0.39 is 0 Å². The maximum absolute atomic E-state index is 5.62. The summed E-state index contributed by atoms with van der Waals surface area (Å²) < 4.78 is 0. The molecule has 1 aromatic rings. The Balaban J connectivity index is 3.25. The van der Waals surface area contributed by atoms with Crippen molar-refractivity contribution in [3.05, 3.63) is 22.5 Å². The maximum atomic E-state index is 5.62. The average molecular weight is 142 g/mol. The lowest BCUT2D eigenvalue weighted by atomic mass is 10.2. The largest absolute Gasteiger partial charge is 0.154 e. The van der Waals surface area contributed by atoms with Gasteiger partial charge in [-0.05, 0) is 25.0 Å². The average Bonchev–Trinajstić information content (AvgIpc) is 1.83. The van der Waals surface area contributed by atoms with E-state index in [1.54, 1.807) is 0 Å². The fraction of sp³-hybridized carbons (Fsp3) is 0.333. The SMILES string of the molecule is Cc1[c]nnc(Cl)c1C. The van der Waals surface area contributed by atoms with Crippen LogP contribution in [0.1, 0.15) is 11.1 Å². The van der Waals surface area contributed by atoms with Crippen molar-refractivity contribution in [1.82, 2.24) is 10.2 Å². The van der Waals surface area contributed by atoms with E-state index in [9.17, 15) is 0 Å². The van der Waals surface area contributed by atoms with Crippen LogP contribution in [0, 0.1) is 20.0 Å². The molecule has 47 valence electrons. The molecule has 0 spiro atoms. The summed E-state index contributed by atoms with van der Waals surface area (Å²) in [7, 11) is 0. The molecule has 0 aliphatic carbocycles. The molecule has 0 aliphatic rings. The van der Waals surface area contributed by atoms with Gasteiger partial charge >= 0.3 is 0 Å². The Hall–Kier alpha value is -0.630. The molecule has 1 aromatic heterocycles. The zero-order chi connectivity index (χ0) is 6.85. The van der Waals surface area contributed by atoms with Crippen LogP contribution in [0.5, 0.6) is 0 Å². The molecule has 1 radical (unpaired) electrons. The van der Waals surface area contributed by atoms with Gasteiger partial charge in [-0.15, -0.1) is 10.2 Å². The predicted molar refractivity (Wildman–Crippen MR) is 35.4 cm³/mol. The Bertz CT molecular complexity index is 202. The van der Waals surface area contributed by atoms with Crippen molar-refractivity contribution in [2.45, 2.75) is 13.8 Å². The summed E-state index contributed by atoms with van der Waals surface area (Å²) in [6.45, 7) is 3.79. The number of nitrogens with zero attached hydrogens (tertiary/aromatic N) is 2. The van der Waals surface area contributed by atoms with Crippen LogP contribution in [-0.4, -0.2) is 10.2 Å². The lowest BCUT2D eigenvalue weighted by Gasteiger charge is -1.95. The van der Waals surface area contributed by atoms with Gasteiger partial charge in [0.05, 0.1) is 0 Å². The summed E-state index contributed by atoms with van der Waals surface area (Å²) in [5, 5.41) is 7.60. The van der Waals surface area contributed by atoms with E-state index in [4.69, 9.17) is 11.6 Å². The molecular weight excluding hydrogens is 136 g/mol. The molecule has 0 saturated heterocycles. The van der Waals surface area contributed by atoms with Crippen molar-refractivity contribution in [3.63, 3.8) is 0 Å². The molecule has 0 amide bonds. The van der Waals surface area contributed by atoms with Crippen LogP contribution in [0.25, 0.3) is 0 Å². The van der Waals surface area contributed by atoms with E-state index in [1.165, 1.54) is 0 Å². The van der Waals surface area contributed by atoms with E-state index in [0.29, 0.717) is 5.15 Å². The first-order valence-corrected chi connectivity index (χ1v) is 2.96. The number of hydrogen-bond acceptors (Lipinski definition) is 2. The van der Waals surface area contributed by atoms with E-state index in [0.717, 1.165) is 11.1 Å². The third-order valence-electron chi connectivity index (χ3n) is 1.23. The van der Waals surface area contributed by atoms with Crippen LogP contribution >= 0.6 is 11.6 Å². The van der Waals surface area contributed by atoms with Gasteiger partial charge in [-0.1, -0.05) is 11.6 Å².